The lowest BCUT2D eigenvalue weighted by atomic mass is 9.85. The molecule has 184 valence electrons. The molecule has 1 atom stereocenters. The van der Waals surface area contributed by atoms with Crippen molar-refractivity contribution in [3.05, 3.63) is 93.5 Å². The number of carbonyl (C=O) groups is 1. The number of hydrogen-bond donors (Lipinski definition) is 1. The molecule has 0 bridgehead atoms. The summed E-state index contributed by atoms with van der Waals surface area (Å²) in [7, 11) is 0. The van der Waals surface area contributed by atoms with Crippen LogP contribution in [0.3, 0.4) is 0 Å². The van der Waals surface area contributed by atoms with Crippen LogP contribution in [-0.4, -0.2) is 19.1 Å². The third kappa shape index (κ3) is 5.59. The molecule has 1 amide bonds. The smallest absolute Gasteiger partial charge is 0.224 e. The van der Waals surface area contributed by atoms with Crippen LogP contribution < -0.4 is 10.1 Å². The topological polar surface area (TPSA) is 47.6 Å². The lowest BCUT2D eigenvalue weighted by Gasteiger charge is -2.20. The van der Waals surface area contributed by atoms with Gasteiger partial charge in [0.15, 0.2) is 0 Å². The van der Waals surface area contributed by atoms with E-state index in [2.05, 4.69) is 64.2 Å². The van der Waals surface area contributed by atoms with Gasteiger partial charge in [-0.3, -0.25) is 4.79 Å². The maximum atomic E-state index is 12.8. The highest BCUT2D eigenvalue weighted by atomic mass is 16.5. The number of anilines is 1. The highest BCUT2D eigenvalue weighted by Gasteiger charge is 2.32. The van der Waals surface area contributed by atoms with Gasteiger partial charge in [0.1, 0.15) is 5.75 Å². The average molecular weight is 472 g/mol. The van der Waals surface area contributed by atoms with Crippen molar-refractivity contribution >= 4 is 11.6 Å². The van der Waals surface area contributed by atoms with Gasteiger partial charge in [-0.05, 0) is 66.5 Å². The van der Waals surface area contributed by atoms with Crippen molar-refractivity contribution in [2.75, 3.05) is 18.5 Å². The summed E-state index contributed by atoms with van der Waals surface area (Å²) in [5.74, 6) is 1.68. The van der Waals surface area contributed by atoms with E-state index in [1.165, 1.54) is 16.7 Å². The molecule has 0 aromatic heterocycles. The molecule has 1 aliphatic rings. The molecule has 0 spiro atoms. The normalized spacial score (nSPS) is 14.6. The second-order valence-corrected chi connectivity index (χ2v) is 9.87. The molecule has 3 aromatic carbocycles. The Bertz CT molecular complexity index is 1170. The summed E-state index contributed by atoms with van der Waals surface area (Å²) in [5, 5.41) is 3.20. The Morgan fingerprint density at radius 1 is 1.00 bits per heavy atom. The summed E-state index contributed by atoms with van der Waals surface area (Å²) in [6.07, 6.45) is 1.12. The number of benzene rings is 3. The molecule has 35 heavy (non-hydrogen) atoms. The third-order valence-corrected chi connectivity index (χ3v) is 7.12. The summed E-state index contributed by atoms with van der Waals surface area (Å²) in [6, 6.07) is 19.0. The van der Waals surface area contributed by atoms with Gasteiger partial charge in [0.2, 0.25) is 5.91 Å². The Labute approximate surface area is 209 Å². The standard InChI is InChI=1S/C31H37NO3/c1-20(2)25-13-15-26(16-14-25)27-19-35-31-22(4)21(3)30(23(5)29(27)31)32-28(33)12-9-17-34-18-24-10-7-6-8-11-24/h6-8,10-11,13-16,20,27H,9,12,17-19H2,1-5H3,(H,32,33). The Kier molecular flexibility index (Phi) is 7.92. The van der Waals surface area contributed by atoms with Gasteiger partial charge in [-0.25, -0.2) is 0 Å². The van der Waals surface area contributed by atoms with Crippen LogP contribution in [0.4, 0.5) is 5.69 Å². The third-order valence-electron chi connectivity index (χ3n) is 7.12. The second kappa shape index (κ2) is 11.1. The van der Waals surface area contributed by atoms with Gasteiger partial charge in [0.05, 0.1) is 13.2 Å². The van der Waals surface area contributed by atoms with Crippen LogP contribution in [0.5, 0.6) is 5.75 Å². The Hall–Kier alpha value is -3.11. The maximum Gasteiger partial charge on any atom is 0.224 e. The van der Waals surface area contributed by atoms with E-state index in [4.69, 9.17) is 9.47 Å². The van der Waals surface area contributed by atoms with Crippen LogP contribution in [0.25, 0.3) is 0 Å². The summed E-state index contributed by atoms with van der Waals surface area (Å²) in [5.41, 5.74) is 9.15. The predicted octanol–water partition coefficient (Wildman–Crippen LogP) is 7.20. The van der Waals surface area contributed by atoms with Crippen LogP contribution in [0.1, 0.15) is 77.5 Å². The SMILES string of the molecule is Cc1c(C)c2c(c(C)c1NC(=O)CCCOCc1ccccc1)C(c1ccc(C(C)C)cc1)CO2. The van der Waals surface area contributed by atoms with Crippen molar-refractivity contribution in [3.8, 4) is 5.75 Å². The van der Waals surface area contributed by atoms with E-state index in [0.717, 1.165) is 33.7 Å². The second-order valence-electron chi connectivity index (χ2n) is 9.87. The van der Waals surface area contributed by atoms with Crippen molar-refractivity contribution < 1.29 is 14.3 Å². The zero-order chi connectivity index (χ0) is 24.9. The number of rotatable bonds is 9. The predicted molar refractivity (Wildman–Crippen MR) is 142 cm³/mol. The van der Waals surface area contributed by atoms with Gasteiger partial charge < -0.3 is 14.8 Å². The van der Waals surface area contributed by atoms with Crippen LogP contribution in [0.15, 0.2) is 54.6 Å². The minimum atomic E-state index is 0.0237. The molecule has 0 saturated heterocycles. The summed E-state index contributed by atoms with van der Waals surface area (Å²) >= 11 is 0. The first-order chi connectivity index (χ1) is 16.9. The van der Waals surface area contributed by atoms with Crippen molar-refractivity contribution in [3.63, 3.8) is 0 Å². The van der Waals surface area contributed by atoms with Gasteiger partial charge in [-0.15, -0.1) is 0 Å². The first kappa shape index (κ1) is 25.0. The Morgan fingerprint density at radius 2 is 1.71 bits per heavy atom. The molecule has 1 N–H and O–H groups in total. The lowest BCUT2D eigenvalue weighted by Crippen LogP contribution is -2.15. The monoisotopic (exact) mass is 471 g/mol. The van der Waals surface area contributed by atoms with E-state index in [1.807, 2.05) is 30.3 Å². The Balaban J connectivity index is 1.43. The fourth-order valence-electron chi connectivity index (χ4n) is 4.87. The molecule has 0 radical (unpaired) electrons. The molecule has 4 rings (SSSR count). The summed E-state index contributed by atoms with van der Waals surface area (Å²) in [4.78, 5) is 12.8. The number of amides is 1. The molecular weight excluding hydrogens is 434 g/mol. The zero-order valence-electron chi connectivity index (χ0n) is 21.6. The Morgan fingerprint density at radius 3 is 2.40 bits per heavy atom. The molecule has 0 saturated carbocycles. The molecular formula is C31H37NO3. The van der Waals surface area contributed by atoms with Crippen LogP contribution in [-0.2, 0) is 16.1 Å². The molecule has 4 heteroatoms. The number of carbonyl (C=O) groups excluding carboxylic acids is 1. The quantitative estimate of drug-likeness (QED) is 0.336. The molecule has 0 fully saturated rings. The van der Waals surface area contributed by atoms with Gasteiger partial charge in [-0.1, -0.05) is 68.4 Å². The van der Waals surface area contributed by atoms with Crippen molar-refractivity contribution in [1.29, 1.82) is 0 Å². The molecule has 1 aliphatic heterocycles. The summed E-state index contributed by atoms with van der Waals surface area (Å²) < 4.78 is 11.9. The minimum Gasteiger partial charge on any atom is -0.492 e. The minimum absolute atomic E-state index is 0.0237. The molecule has 3 aromatic rings. The van der Waals surface area contributed by atoms with Crippen LogP contribution in [0.2, 0.25) is 0 Å². The van der Waals surface area contributed by atoms with Crippen molar-refractivity contribution in [2.24, 2.45) is 0 Å². The lowest BCUT2D eigenvalue weighted by molar-refractivity contribution is -0.116. The first-order valence-electron chi connectivity index (χ1n) is 12.6. The fourth-order valence-corrected chi connectivity index (χ4v) is 4.87. The number of fused-ring (bicyclic) bond motifs is 1. The van der Waals surface area contributed by atoms with E-state index in [-0.39, 0.29) is 11.8 Å². The van der Waals surface area contributed by atoms with E-state index in [0.29, 0.717) is 38.6 Å². The van der Waals surface area contributed by atoms with Gasteiger partial charge >= 0.3 is 0 Å². The van der Waals surface area contributed by atoms with Crippen LogP contribution in [0, 0.1) is 20.8 Å². The fraction of sp³-hybridized carbons (Fsp3) is 0.387. The average Bonchev–Trinajstić information content (AvgIpc) is 3.31. The number of nitrogens with one attached hydrogen (secondary N) is 1. The van der Waals surface area contributed by atoms with Crippen LogP contribution >= 0.6 is 0 Å². The maximum absolute atomic E-state index is 12.8. The highest BCUT2D eigenvalue weighted by molar-refractivity contribution is 5.93. The molecule has 1 unspecified atom stereocenters. The first-order valence-corrected chi connectivity index (χ1v) is 12.6. The number of hydrogen-bond acceptors (Lipinski definition) is 3. The zero-order valence-corrected chi connectivity index (χ0v) is 21.6. The molecule has 0 aliphatic carbocycles. The summed E-state index contributed by atoms with van der Waals surface area (Å²) in [6.45, 7) is 12.4. The van der Waals surface area contributed by atoms with E-state index < -0.39 is 0 Å². The van der Waals surface area contributed by atoms with E-state index in [1.54, 1.807) is 0 Å². The van der Waals surface area contributed by atoms with Crippen molar-refractivity contribution in [1.82, 2.24) is 0 Å². The highest BCUT2D eigenvalue weighted by Crippen LogP contribution is 2.46. The van der Waals surface area contributed by atoms with E-state index >= 15 is 0 Å². The number of ether oxygens (including phenoxy) is 2. The van der Waals surface area contributed by atoms with E-state index in [9.17, 15) is 4.79 Å². The van der Waals surface area contributed by atoms with Gasteiger partial charge in [0.25, 0.3) is 0 Å². The molecule has 4 nitrogen and oxygen atoms in total. The molecule has 1 heterocycles. The van der Waals surface area contributed by atoms with Crippen molar-refractivity contribution in [2.45, 2.75) is 65.9 Å². The largest absolute Gasteiger partial charge is 0.492 e. The van der Waals surface area contributed by atoms with Gasteiger partial charge in [-0.2, -0.15) is 0 Å². The van der Waals surface area contributed by atoms with Gasteiger partial charge in [0, 0.05) is 30.2 Å².